The Labute approximate surface area is 157 Å². The lowest BCUT2D eigenvalue weighted by Gasteiger charge is -2.31. The first-order valence-electron chi connectivity index (χ1n) is 8.69. The van der Waals surface area contributed by atoms with E-state index in [1.54, 1.807) is 24.3 Å². The topological polar surface area (TPSA) is 128 Å². The Bertz CT molecular complexity index is 749. The third kappa shape index (κ3) is 5.19. The molecule has 0 aromatic heterocycles. The van der Waals surface area contributed by atoms with E-state index in [0.717, 1.165) is 0 Å². The predicted octanol–water partition coefficient (Wildman–Crippen LogP) is 1.16. The van der Waals surface area contributed by atoms with Gasteiger partial charge in [-0.3, -0.25) is 19.3 Å². The Balaban J connectivity index is 2.17. The van der Waals surface area contributed by atoms with Crippen molar-refractivity contribution in [1.29, 1.82) is 0 Å². The van der Waals surface area contributed by atoms with Crippen LogP contribution in [-0.4, -0.2) is 47.5 Å². The first kappa shape index (κ1) is 20.2. The molecule has 2 atom stereocenters. The molecule has 0 saturated heterocycles. The standard InChI is InChI=1S/C18H24N4O5/c1-10(2)8-13(16(24)19-11(3)17(25)26)21-18(27)22-9-15(23)20-12-6-4-5-7-14(12)22/h4-7,10-11,13H,8-9H2,1-3H3,(H,19,24)(H,20,23)(H,21,27)(H,25,26)/t11-,13+/m1/s1. The molecule has 0 fully saturated rings. The number of carbonyl (C=O) groups is 4. The van der Waals surface area contributed by atoms with Crippen LogP contribution >= 0.6 is 0 Å². The molecule has 9 nitrogen and oxygen atoms in total. The number of fused-ring (bicyclic) bond motifs is 1. The Hall–Kier alpha value is -3.10. The van der Waals surface area contributed by atoms with Crippen molar-refractivity contribution < 1.29 is 24.3 Å². The molecule has 1 aliphatic heterocycles. The van der Waals surface area contributed by atoms with Gasteiger partial charge in [0.25, 0.3) is 0 Å². The van der Waals surface area contributed by atoms with Crippen LogP contribution < -0.4 is 20.9 Å². The van der Waals surface area contributed by atoms with Gasteiger partial charge in [0.05, 0.1) is 11.4 Å². The number of hydrogen-bond acceptors (Lipinski definition) is 4. The van der Waals surface area contributed by atoms with Crippen molar-refractivity contribution in [1.82, 2.24) is 10.6 Å². The minimum atomic E-state index is -1.17. The number of hydrogen-bond donors (Lipinski definition) is 4. The molecule has 27 heavy (non-hydrogen) atoms. The number of benzene rings is 1. The van der Waals surface area contributed by atoms with Gasteiger partial charge in [-0.1, -0.05) is 26.0 Å². The van der Waals surface area contributed by atoms with E-state index < -0.39 is 30.0 Å². The Kier molecular flexibility index (Phi) is 6.38. The Morgan fingerprint density at radius 1 is 1.19 bits per heavy atom. The lowest BCUT2D eigenvalue weighted by molar-refractivity contribution is -0.141. The molecule has 9 heteroatoms. The maximum Gasteiger partial charge on any atom is 0.325 e. The fraction of sp³-hybridized carbons (Fsp3) is 0.444. The zero-order chi connectivity index (χ0) is 20.1. The quantitative estimate of drug-likeness (QED) is 0.592. The van der Waals surface area contributed by atoms with E-state index in [-0.39, 0.29) is 18.4 Å². The number of nitrogens with zero attached hydrogens (tertiary/aromatic N) is 1. The van der Waals surface area contributed by atoms with Gasteiger partial charge in [-0.25, -0.2) is 4.79 Å². The van der Waals surface area contributed by atoms with E-state index in [2.05, 4.69) is 16.0 Å². The van der Waals surface area contributed by atoms with E-state index in [0.29, 0.717) is 17.8 Å². The second kappa shape index (κ2) is 8.52. The fourth-order valence-electron chi connectivity index (χ4n) is 2.72. The van der Waals surface area contributed by atoms with Crippen LogP contribution in [0.2, 0.25) is 0 Å². The molecule has 1 aromatic rings. The molecule has 4 N–H and O–H groups in total. The van der Waals surface area contributed by atoms with Gasteiger partial charge in [0.2, 0.25) is 11.8 Å². The fourth-order valence-corrected chi connectivity index (χ4v) is 2.72. The number of aliphatic carboxylic acids is 1. The van der Waals surface area contributed by atoms with Crippen molar-refractivity contribution in [2.75, 3.05) is 16.8 Å². The molecule has 0 bridgehead atoms. The number of rotatable bonds is 6. The van der Waals surface area contributed by atoms with Crippen molar-refractivity contribution in [3.63, 3.8) is 0 Å². The van der Waals surface area contributed by atoms with Crippen LogP contribution in [0.3, 0.4) is 0 Å². The summed E-state index contributed by atoms with van der Waals surface area (Å²) in [7, 11) is 0. The summed E-state index contributed by atoms with van der Waals surface area (Å²) in [4.78, 5) is 49.3. The number of anilines is 2. The number of carboxylic acid groups (broad SMARTS) is 1. The molecule has 146 valence electrons. The van der Waals surface area contributed by atoms with Crippen molar-refractivity contribution in [3.05, 3.63) is 24.3 Å². The van der Waals surface area contributed by atoms with Gasteiger partial charge in [-0.2, -0.15) is 0 Å². The van der Waals surface area contributed by atoms with Crippen LogP contribution in [0.1, 0.15) is 27.2 Å². The summed E-state index contributed by atoms with van der Waals surface area (Å²) < 4.78 is 0. The molecular weight excluding hydrogens is 352 g/mol. The van der Waals surface area contributed by atoms with Crippen molar-refractivity contribution in [2.24, 2.45) is 5.92 Å². The highest BCUT2D eigenvalue weighted by Gasteiger charge is 2.31. The summed E-state index contributed by atoms with van der Waals surface area (Å²) in [5, 5.41) is 16.6. The van der Waals surface area contributed by atoms with Crippen molar-refractivity contribution in [3.8, 4) is 0 Å². The number of urea groups is 1. The van der Waals surface area contributed by atoms with Gasteiger partial charge in [0.1, 0.15) is 18.6 Å². The van der Waals surface area contributed by atoms with Gasteiger partial charge in [0, 0.05) is 0 Å². The normalized spacial score (nSPS) is 15.4. The zero-order valence-corrected chi connectivity index (χ0v) is 15.5. The summed E-state index contributed by atoms with van der Waals surface area (Å²) in [5.74, 6) is -2.01. The second-order valence-corrected chi connectivity index (χ2v) is 6.85. The first-order chi connectivity index (χ1) is 12.7. The number of para-hydroxylation sites is 2. The Morgan fingerprint density at radius 3 is 2.48 bits per heavy atom. The van der Waals surface area contributed by atoms with Crippen molar-refractivity contribution in [2.45, 2.75) is 39.3 Å². The average Bonchev–Trinajstić information content (AvgIpc) is 2.59. The first-order valence-corrected chi connectivity index (χ1v) is 8.69. The van der Waals surface area contributed by atoms with Crippen molar-refractivity contribution >= 4 is 35.2 Å². The molecular formula is C18H24N4O5. The maximum atomic E-state index is 12.8. The molecule has 0 radical (unpaired) electrons. The largest absolute Gasteiger partial charge is 0.480 e. The summed E-state index contributed by atoms with van der Waals surface area (Å²) in [5.41, 5.74) is 1.03. The van der Waals surface area contributed by atoms with Crippen LogP contribution in [0, 0.1) is 5.92 Å². The Morgan fingerprint density at radius 2 is 1.85 bits per heavy atom. The molecule has 0 saturated carbocycles. The summed E-state index contributed by atoms with van der Waals surface area (Å²) >= 11 is 0. The SMILES string of the molecule is CC(C)C[C@H](NC(=O)N1CC(=O)Nc2ccccc21)C(=O)N[C@H](C)C(=O)O. The molecule has 0 spiro atoms. The molecule has 4 amide bonds. The van der Waals surface area contributed by atoms with E-state index in [1.807, 2.05) is 13.8 Å². The lowest BCUT2D eigenvalue weighted by Crippen LogP contribution is -2.55. The van der Waals surface area contributed by atoms with Crippen LogP contribution in [0.15, 0.2) is 24.3 Å². The van der Waals surface area contributed by atoms with E-state index >= 15 is 0 Å². The molecule has 1 aromatic carbocycles. The summed E-state index contributed by atoms with van der Waals surface area (Å²) in [6, 6.07) is 4.26. The summed E-state index contributed by atoms with van der Waals surface area (Å²) in [6.07, 6.45) is 0.325. The lowest BCUT2D eigenvalue weighted by atomic mass is 10.0. The predicted molar refractivity (Wildman–Crippen MR) is 99.4 cm³/mol. The third-order valence-corrected chi connectivity index (χ3v) is 4.07. The highest BCUT2D eigenvalue weighted by atomic mass is 16.4. The second-order valence-electron chi connectivity index (χ2n) is 6.85. The third-order valence-electron chi connectivity index (χ3n) is 4.07. The monoisotopic (exact) mass is 376 g/mol. The maximum absolute atomic E-state index is 12.8. The van der Waals surface area contributed by atoms with E-state index in [9.17, 15) is 19.2 Å². The number of carbonyl (C=O) groups excluding carboxylic acids is 3. The number of amides is 4. The number of nitrogens with one attached hydrogen (secondary N) is 3. The van der Waals surface area contributed by atoms with E-state index in [1.165, 1.54) is 11.8 Å². The molecule has 2 rings (SSSR count). The minimum absolute atomic E-state index is 0.0816. The molecule has 1 aliphatic rings. The van der Waals surface area contributed by atoms with Crippen LogP contribution in [0.5, 0.6) is 0 Å². The van der Waals surface area contributed by atoms with Gasteiger partial charge in [-0.15, -0.1) is 0 Å². The molecule has 1 heterocycles. The van der Waals surface area contributed by atoms with Gasteiger partial charge in [-0.05, 0) is 31.4 Å². The van der Waals surface area contributed by atoms with Gasteiger partial charge >= 0.3 is 12.0 Å². The van der Waals surface area contributed by atoms with Crippen LogP contribution in [-0.2, 0) is 14.4 Å². The summed E-state index contributed by atoms with van der Waals surface area (Å²) in [6.45, 7) is 4.94. The highest BCUT2D eigenvalue weighted by Crippen LogP contribution is 2.28. The van der Waals surface area contributed by atoms with Crippen LogP contribution in [0.4, 0.5) is 16.2 Å². The zero-order valence-electron chi connectivity index (χ0n) is 15.5. The number of carboxylic acids is 1. The smallest absolute Gasteiger partial charge is 0.325 e. The minimum Gasteiger partial charge on any atom is -0.480 e. The highest BCUT2D eigenvalue weighted by molar-refractivity contribution is 6.10. The van der Waals surface area contributed by atoms with Crippen LogP contribution in [0.25, 0.3) is 0 Å². The van der Waals surface area contributed by atoms with Gasteiger partial charge < -0.3 is 21.1 Å². The molecule has 0 aliphatic carbocycles. The van der Waals surface area contributed by atoms with Gasteiger partial charge in [0.15, 0.2) is 0 Å². The van der Waals surface area contributed by atoms with E-state index in [4.69, 9.17) is 5.11 Å². The molecule has 0 unspecified atom stereocenters. The average molecular weight is 376 g/mol.